The van der Waals surface area contributed by atoms with E-state index in [2.05, 4.69) is 11.7 Å². The van der Waals surface area contributed by atoms with E-state index in [1.165, 1.54) is 0 Å². The van der Waals surface area contributed by atoms with Gasteiger partial charge in [0.25, 0.3) is 0 Å². The molecule has 0 aromatic carbocycles. The Balaban J connectivity index is 3.89. The molecule has 0 fully saturated rings. The summed E-state index contributed by atoms with van der Waals surface area (Å²) in [4.78, 5) is 20.9. The molecule has 0 aliphatic heterocycles. The van der Waals surface area contributed by atoms with Crippen LogP contribution in [-0.4, -0.2) is 12.4 Å². The summed E-state index contributed by atoms with van der Waals surface area (Å²) >= 11 is 0. The summed E-state index contributed by atoms with van der Waals surface area (Å²) in [5.74, 6) is -0.520. The van der Waals surface area contributed by atoms with Crippen molar-refractivity contribution >= 4 is 12.4 Å². The lowest BCUT2D eigenvalue weighted by Crippen LogP contribution is -2.06. The van der Waals surface area contributed by atoms with Gasteiger partial charge in [-0.1, -0.05) is 25.8 Å². The van der Waals surface area contributed by atoms with E-state index in [-0.39, 0.29) is 6.47 Å². The van der Waals surface area contributed by atoms with Crippen LogP contribution in [0.15, 0.2) is 11.6 Å². The minimum absolute atomic E-state index is 0.172. The average Bonchev–Trinajstić information content (AvgIpc) is 2.13. The molecule has 0 aromatic heterocycles. The molecule has 0 N–H and O–H groups in total. The van der Waals surface area contributed by atoms with Crippen molar-refractivity contribution in [3.05, 3.63) is 11.6 Å². The fourth-order valence-corrected chi connectivity index (χ4v) is 1.05. The minimum atomic E-state index is -0.520. The Morgan fingerprint density at radius 3 is 2.54 bits per heavy atom. The Morgan fingerprint density at radius 2 is 2.08 bits per heavy atom. The highest BCUT2D eigenvalue weighted by molar-refractivity contribution is 5.92. The standard InChI is InChI=1S/C10H16O3/c1-3-5-6-7-9(4-2)10(12)13-8-11/h4,8H,3,5-7H2,1-2H3. The van der Waals surface area contributed by atoms with Gasteiger partial charge in [-0.3, -0.25) is 4.79 Å². The average molecular weight is 184 g/mol. The second-order valence-corrected chi connectivity index (χ2v) is 2.77. The summed E-state index contributed by atoms with van der Waals surface area (Å²) in [7, 11) is 0. The zero-order chi connectivity index (χ0) is 10.1. The van der Waals surface area contributed by atoms with Crippen LogP contribution in [0.4, 0.5) is 0 Å². The van der Waals surface area contributed by atoms with E-state index in [0.717, 1.165) is 19.3 Å². The molecule has 0 bridgehead atoms. The van der Waals surface area contributed by atoms with Crippen LogP contribution in [0.2, 0.25) is 0 Å². The van der Waals surface area contributed by atoms with Crippen molar-refractivity contribution in [1.29, 1.82) is 0 Å². The fourth-order valence-electron chi connectivity index (χ4n) is 1.05. The van der Waals surface area contributed by atoms with Gasteiger partial charge in [0.1, 0.15) is 0 Å². The highest BCUT2D eigenvalue weighted by Gasteiger charge is 2.08. The largest absolute Gasteiger partial charge is 0.392 e. The molecule has 0 aliphatic carbocycles. The first-order chi connectivity index (χ1) is 6.26. The molecule has 0 radical (unpaired) electrons. The van der Waals surface area contributed by atoms with Crippen molar-refractivity contribution in [2.75, 3.05) is 0 Å². The molecule has 0 unspecified atom stereocenters. The maximum absolute atomic E-state index is 11.0. The molecule has 0 amide bonds. The molecule has 3 heteroatoms. The van der Waals surface area contributed by atoms with Gasteiger partial charge in [0, 0.05) is 5.57 Å². The molecule has 0 saturated heterocycles. The van der Waals surface area contributed by atoms with Gasteiger partial charge in [0.2, 0.25) is 0 Å². The van der Waals surface area contributed by atoms with Crippen molar-refractivity contribution < 1.29 is 14.3 Å². The molecule has 0 aliphatic rings. The normalized spacial score (nSPS) is 11.1. The van der Waals surface area contributed by atoms with E-state index in [1.54, 1.807) is 13.0 Å². The van der Waals surface area contributed by atoms with Crippen molar-refractivity contribution in [1.82, 2.24) is 0 Å². The lowest BCUT2D eigenvalue weighted by atomic mass is 10.1. The summed E-state index contributed by atoms with van der Waals surface area (Å²) in [6.07, 6.45) is 5.55. The lowest BCUT2D eigenvalue weighted by Gasteiger charge is -2.02. The van der Waals surface area contributed by atoms with Crippen LogP contribution in [0, 0.1) is 0 Å². The van der Waals surface area contributed by atoms with Crippen LogP contribution in [0.3, 0.4) is 0 Å². The first-order valence-corrected chi connectivity index (χ1v) is 4.56. The highest BCUT2D eigenvalue weighted by Crippen LogP contribution is 2.09. The number of carbonyl (C=O) groups excluding carboxylic acids is 2. The van der Waals surface area contributed by atoms with Crippen LogP contribution in [-0.2, 0) is 14.3 Å². The molecule has 0 aromatic rings. The predicted octanol–water partition coefficient (Wildman–Crippen LogP) is 2.21. The van der Waals surface area contributed by atoms with Crippen LogP contribution in [0.25, 0.3) is 0 Å². The van der Waals surface area contributed by atoms with Gasteiger partial charge < -0.3 is 4.74 Å². The van der Waals surface area contributed by atoms with Gasteiger partial charge in [-0.15, -0.1) is 0 Å². The number of hydrogen-bond acceptors (Lipinski definition) is 3. The predicted molar refractivity (Wildman–Crippen MR) is 50.1 cm³/mol. The summed E-state index contributed by atoms with van der Waals surface area (Å²) < 4.78 is 4.24. The molecule has 3 nitrogen and oxygen atoms in total. The third kappa shape index (κ3) is 5.17. The molecule has 13 heavy (non-hydrogen) atoms. The van der Waals surface area contributed by atoms with E-state index in [0.29, 0.717) is 12.0 Å². The van der Waals surface area contributed by atoms with Gasteiger partial charge in [-0.05, 0) is 19.8 Å². The van der Waals surface area contributed by atoms with Crippen LogP contribution < -0.4 is 0 Å². The number of esters is 1. The highest BCUT2D eigenvalue weighted by atomic mass is 16.6. The fraction of sp³-hybridized carbons (Fsp3) is 0.600. The van der Waals surface area contributed by atoms with Gasteiger partial charge in [-0.25, -0.2) is 4.79 Å². The molecule has 0 saturated carbocycles. The number of ether oxygens (including phenoxy) is 1. The summed E-state index contributed by atoms with van der Waals surface area (Å²) in [6.45, 7) is 4.04. The van der Waals surface area contributed by atoms with Crippen LogP contribution in [0.5, 0.6) is 0 Å². The van der Waals surface area contributed by atoms with Gasteiger partial charge in [0.15, 0.2) is 0 Å². The lowest BCUT2D eigenvalue weighted by molar-refractivity contribution is -0.148. The van der Waals surface area contributed by atoms with Gasteiger partial charge >= 0.3 is 12.4 Å². The Bertz CT molecular complexity index is 194. The van der Waals surface area contributed by atoms with Crippen LogP contribution >= 0.6 is 0 Å². The SMILES string of the molecule is CC=C(CCCCC)C(=O)OC=O. The van der Waals surface area contributed by atoms with E-state index >= 15 is 0 Å². The van der Waals surface area contributed by atoms with Gasteiger partial charge in [-0.2, -0.15) is 0 Å². The third-order valence-corrected chi connectivity index (χ3v) is 1.82. The number of carbonyl (C=O) groups is 2. The van der Waals surface area contributed by atoms with Crippen molar-refractivity contribution in [2.45, 2.75) is 39.5 Å². The number of rotatable bonds is 6. The molecular weight excluding hydrogens is 168 g/mol. The third-order valence-electron chi connectivity index (χ3n) is 1.82. The van der Waals surface area contributed by atoms with Crippen molar-refractivity contribution in [3.8, 4) is 0 Å². The van der Waals surface area contributed by atoms with Crippen molar-refractivity contribution in [2.24, 2.45) is 0 Å². The van der Waals surface area contributed by atoms with E-state index in [9.17, 15) is 9.59 Å². The maximum atomic E-state index is 11.0. The summed E-state index contributed by atoms with van der Waals surface area (Å²) in [6, 6.07) is 0. The summed E-state index contributed by atoms with van der Waals surface area (Å²) in [5, 5.41) is 0. The molecule has 74 valence electrons. The topological polar surface area (TPSA) is 43.4 Å². The monoisotopic (exact) mass is 184 g/mol. The number of hydrogen-bond donors (Lipinski definition) is 0. The smallest absolute Gasteiger partial charge is 0.341 e. The second kappa shape index (κ2) is 7.53. The van der Waals surface area contributed by atoms with E-state index in [1.807, 2.05) is 0 Å². The maximum Gasteiger partial charge on any atom is 0.341 e. The minimum Gasteiger partial charge on any atom is -0.392 e. The molecule has 0 rings (SSSR count). The molecule has 0 atom stereocenters. The molecule has 0 spiro atoms. The molecule has 0 heterocycles. The Morgan fingerprint density at radius 1 is 1.38 bits per heavy atom. The first kappa shape index (κ1) is 11.9. The zero-order valence-corrected chi connectivity index (χ0v) is 8.21. The van der Waals surface area contributed by atoms with Crippen LogP contribution in [0.1, 0.15) is 39.5 Å². The number of unbranched alkanes of at least 4 members (excludes halogenated alkanes) is 2. The summed E-state index contributed by atoms with van der Waals surface area (Å²) in [5.41, 5.74) is 0.584. The quantitative estimate of drug-likeness (QED) is 0.209. The first-order valence-electron chi connectivity index (χ1n) is 4.56. The van der Waals surface area contributed by atoms with E-state index in [4.69, 9.17) is 0 Å². The molecular formula is C10H16O3. The van der Waals surface area contributed by atoms with Crippen molar-refractivity contribution in [3.63, 3.8) is 0 Å². The Hall–Kier alpha value is -1.12. The zero-order valence-electron chi connectivity index (χ0n) is 8.21. The van der Waals surface area contributed by atoms with Gasteiger partial charge in [0.05, 0.1) is 0 Å². The Labute approximate surface area is 78.8 Å². The second-order valence-electron chi connectivity index (χ2n) is 2.77. The number of allylic oxidation sites excluding steroid dienone is 1. The Kier molecular flexibility index (Phi) is 6.88. The van der Waals surface area contributed by atoms with E-state index < -0.39 is 5.97 Å².